The normalized spacial score (nSPS) is 10.2. The van der Waals surface area contributed by atoms with Gasteiger partial charge in [0.05, 0.1) is 11.6 Å². The van der Waals surface area contributed by atoms with Crippen molar-refractivity contribution in [2.24, 2.45) is 0 Å². The van der Waals surface area contributed by atoms with E-state index >= 15 is 0 Å². The van der Waals surface area contributed by atoms with E-state index in [1.165, 1.54) is 23.3 Å². The van der Waals surface area contributed by atoms with Crippen molar-refractivity contribution in [2.45, 2.75) is 29.6 Å². The number of pyridine rings is 1. The lowest BCUT2D eigenvalue weighted by Crippen LogP contribution is -1.87. The van der Waals surface area contributed by atoms with Crippen LogP contribution in [0.15, 0.2) is 21.5 Å². The summed E-state index contributed by atoms with van der Waals surface area (Å²) in [4.78, 5) is 8.72. The van der Waals surface area contributed by atoms with Crippen LogP contribution in [0.5, 0.6) is 0 Å². The number of nitriles is 1. The lowest BCUT2D eigenvalue weighted by molar-refractivity contribution is 0.969. The molecule has 0 amide bonds. The van der Waals surface area contributed by atoms with Crippen LogP contribution < -0.4 is 0 Å². The predicted octanol–water partition coefficient (Wildman–Crippen LogP) is 2.83. The van der Waals surface area contributed by atoms with E-state index in [1.54, 1.807) is 12.1 Å². The smallest absolute Gasteiger partial charge is 0.176 e. The van der Waals surface area contributed by atoms with Crippen molar-refractivity contribution in [3.63, 3.8) is 0 Å². The molecule has 0 spiro atoms. The molecule has 0 unspecified atom stereocenters. The summed E-state index contributed by atoms with van der Waals surface area (Å²) in [5, 5.41) is 9.67. The highest BCUT2D eigenvalue weighted by atomic mass is 32.2. The first kappa shape index (κ1) is 12.0. The average Bonchev–Trinajstić information content (AvgIpc) is 2.76. The largest absolute Gasteiger partial charge is 0.246 e. The van der Waals surface area contributed by atoms with E-state index in [2.05, 4.69) is 20.4 Å². The molecule has 0 aliphatic rings. The van der Waals surface area contributed by atoms with Gasteiger partial charge in [-0.25, -0.2) is 9.97 Å². The number of rotatable bonds is 3. The summed E-state index contributed by atoms with van der Waals surface area (Å²) >= 11 is 2.82. The fourth-order valence-corrected chi connectivity index (χ4v) is 2.99. The third kappa shape index (κ3) is 3.02. The van der Waals surface area contributed by atoms with Crippen molar-refractivity contribution in [3.8, 4) is 6.07 Å². The highest BCUT2D eigenvalue weighted by molar-refractivity contribution is 8.00. The number of hydrogen-bond donors (Lipinski definition) is 0. The summed E-state index contributed by atoms with van der Waals surface area (Å²) < 4.78 is 5.08. The summed E-state index contributed by atoms with van der Waals surface area (Å²) in [5.74, 6) is 0.852. The SMILES string of the molecule is CCc1nsc(Sc2cc(C#N)cc(C)n2)n1. The lowest BCUT2D eigenvalue weighted by Gasteiger charge is -1.99. The molecule has 0 aliphatic heterocycles. The Morgan fingerprint density at radius 1 is 1.41 bits per heavy atom. The Morgan fingerprint density at radius 3 is 2.88 bits per heavy atom. The molecule has 0 atom stereocenters. The molecule has 0 aliphatic carbocycles. The summed E-state index contributed by atoms with van der Waals surface area (Å²) in [6.45, 7) is 3.90. The van der Waals surface area contributed by atoms with Gasteiger partial charge in [0, 0.05) is 12.1 Å². The van der Waals surface area contributed by atoms with Crippen LogP contribution in [0.25, 0.3) is 0 Å². The van der Waals surface area contributed by atoms with Crippen LogP contribution in [-0.2, 0) is 6.42 Å². The molecule has 0 N–H and O–H groups in total. The van der Waals surface area contributed by atoms with E-state index in [0.29, 0.717) is 5.56 Å². The molecule has 0 fully saturated rings. The van der Waals surface area contributed by atoms with Gasteiger partial charge in [0.25, 0.3) is 0 Å². The molecule has 6 heteroatoms. The number of aryl methyl sites for hydroxylation is 2. The van der Waals surface area contributed by atoms with Crippen LogP contribution in [0.2, 0.25) is 0 Å². The van der Waals surface area contributed by atoms with Gasteiger partial charge in [-0.15, -0.1) is 0 Å². The van der Waals surface area contributed by atoms with Crippen molar-refractivity contribution < 1.29 is 0 Å². The molecule has 0 saturated heterocycles. The zero-order chi connectivity index (χ0) is 12.3. The van der Waals surface area contributed by atoms with Gasteiger partial charge in [-0.2, -0.15) is 9.64 Å². The third-order valence-corrected chi connectivity index (χ3v) is 3.72. The van der Waals surface area contributed by atoms with E-state index < -0.39 is 0 Å². The average molecular weight is 262 g/mol. The highest BCUT2D eigenvalue weighted by Gasteiger charge is 2.07. The van der Waals surface area contributed by atoms with Crippen molar-refractivity contribution >= 4 is 23.3 Å². The Hall–Kier alpha value is -1.45. The Bertz CT molecular complexity index is 571. The van der Waals surface area contributed by atoms with E-state index in [1.807, 2.05) is 13.8 Å². The second-order valence-corrected chi connectivity index (χ2v) is 5.40. The summed E-state index contributed by atoms with van der Waals surface area (Å²) in [6.07, 6.45) is 0.835. The Kier molecular flexibility index (Phi) is 3.71. The minimum absolute atomic E-state index is 0.625. The van der Waals surface area contributed by atoms with Gasteiger partial charge in [-0.05, 0) is 42.4 Å². The van der Waals surface area contributed by atoms with Gasteiger partial charge in [-0.3, -0.25) is 0 Å². The first-order valence-electron chi connectivity index (χ1n) is 5.10. The Morgan fingerprint density at radius 2 is 2.24 bits per heavy atom. The molecule has 2 heterocycles. The first-order chi connectivity index (χ1) is 8.21. The van der Waals surface area contributed by atoms with Crippen molar-refractivity contribution in [3.05, 3.63) is 29.2 Å². The zero-order valence-corrected chi connectivity index (χ0v) is 11.1. The molecule has 2 rings (SSSR count). The fraction of sp³-hybridized carbons (Fsp3) is 0.273. The van der Waals surface area contributed by atoms with Crippen LogP contribution in [0.1, 0.15) is 24.0 Å². The van der Waals surface area contributed by atoms with E-state index in [-0.39, 0.29) is 0 Å². The molecule has 2 aromatic rings. The minimum atomic E-state index is 0.625. The summed E-state index contributed by atoms with van der Waals surface area (Å²) in [6, 6.07) is 5.66. The Balaban J connectivity index is 2.24. The second-order valence-electron chi connectivity index (χ2n) is 3.38. The van der Waals surface area contributed by atoms with E-state index in [0.717, 1.165) is 27.3 Å². The first-order valence-corrected chi connectivity index (χ1v) is 6.69. The van der Waals surface area contributed by atoms with Gasteiger partial charge in [0.15, 0.2) is 4.34 Å². The van der Waals surface area contributed by atoms with Crippen molar-refractivity contribution in [1.29, 1.82) is 5.26 Å². The summed E-state index contributed by atoms with van der Waals surface area (Å²) in [7, 11) is 0. The molecule has 0 saturated carbocycles. The van der Waals surface area contributed by atoms with Gasteiger partial charge in [0.2, 0.25) is 0 Å². The summed E-state index contributed by atoms with van der Waals surface area (Å²) in [5.41, 5.74) is 1.46. The number of hydrogen-bond acceptors (Lipinski definition) is 6. The highest BCUT2D eigenvalue weighted by Crippen LogP contribution is 2.28. The molecule has 0 radical (unpaired) electrons. The lowest BCUT2D eigenvalue weighted by atomic mass is 10.2. The standard InChI is InChI=1S/C11H10N4S2/c1-3-9-14-11(17-15-9)16-10-5-8(6-12)4-7(2)13-10/h4-5H,3H2,1-2H3. The quantitative estimate of drug-likeness (QED) is 0.851. The van der Waals surface area contributed by atoms with E-state index in [4.69, 9.17) is 5.26 Å². The fourth-order valence-electron chi connectivity index (χ4n) is 1.27. The molecule has 2 aromatic heterocycles. The minimum Gasteiger partial charge on any atom is -0.246 e. The van der Waals surface area contributed by atoms with Crippen LogP contribution in [0, 0.1) is 18.3 Å². The maximum absolute atomic E-state index is 8.88. The number of nitrogens with zero attached hydrogens (tertiary/aromatic N) is 4. The molecule has 17 heavy (non-hydrogen) atoms. The van der Waals surface area contributed by atoms with Crippen LogP contribution in [0.4, 0.5) is 0 Å². The molecular formula is C11H10N4S2. The van der Waals surface area contributed by atoms with Crippen molar-refractivity contribution in [1.82, 2.24) is 14.3 Å². The molecular weight excluding hydrogens is 252 g/mol. The number of aromatic nitrogens is 3. The Labute approximate surface area is 108 Å². The molecule has 0 bridgehead atoms. The zero-order valence-electron chi connectivity index (χ0n) is 9.47. The third-order valence-electron chi connectivity index (χ3n) is 2.02. The second kappa shape index (κ2) is 5.25. The predicted molar refractivity (Wildman–Crippen MR) is 67.1 cm³/mol. The van der Waals surface area contributed by atoms with Crippen LogP contribution >= 0.6 is 23.3 Å². The monoisotopic (exact) mass is 262 g/mol. The molecule has 4 nitrogen and oxygen atoms in total. The van der Waals surface area contributed by atoms with Crippen molar-refractivity contribution in [2.75, 3.05) is 0 Å². The van der Waals surface area contributed by atoms with Crippen LogP contribution in [-0.4, -0.2) is 14.3 Å². The van der Waals surface area contributed by atoms with Gasteiger partial charge in [-0.1, -0.05) is 6.92 Å². The van der Waals surface area contributed by atoms with Crippen LogP contribution in [0.3, 0.4) is 0 Å². The molecule has 0 aromatic carbocycles. The maximum atomic E-state index is 8.88. The van der Waals surface area contributed by atoms with Gasteiger partial charge >= 0.3 is 0 Å². The van der Waals surface area contributed by atoms with Gasteiger partial charge in [0.1, 0.15) is 10.9 Å². The molecule has 86 valence electrons. The van der Waals surface area contributed by atoms with E-state index in [9.17, 15) is 0 Å². The maximum Gasteiger partial charge on any atom is 0.176 e. The van der Waals surface area contributed by atoms with Gasteiger partial charge < -0.3 is 0 Å². The topological polar surface area (TPSA) is 62.5 Å².